The van der Waals surface area contributed by atoms with Crippen molar-refractivity contribution in [2.45, 2.75) is 0 Å². The number of hydrazone groups is 1. The zero-order valence-corrected chi connectivity index (χ0v) is 9.32. The number of amidine groups is 1. The van der Waals surface area contributed by atoms with E-state index >= 15 is 0 Å². The maximum Gasteiger partial charge on any atom is 0.330 e. The van der Waals surface area contributed by atoms with Gasteiger partial charge in [0.15, 0.2) is 5.84 Å². The van der Waals surface area contributed by atoms with E-state index in [1.54, 1.807) is 0 Å². The molecular formula is C8H12N6O3. The molecule has 0 aliphatic rings. The first-order valence-electron chi connectivity index (χ1n) is 4.47. The van der Waals surface area contributed by atoms with Crippen LogP contribution in [0.2, 0.25) is 0 Å². The molecule has 0 atom stereocenters. The SMILES string of the molecule is COc1nc(/C(=N/N)N(C)N)ccc1[N+](=O)[O-]. The molecule has 0 aliphatic heterocycles. The van der Waals surface area contributed by atoms with Crippen LogP contribution < -0.4 is 16.4 Å². The molecule has 0 fully saturated rings. The van der Waals surface area contributed by atoms with Crippen LogP contribution in [0.25, 0.3) is 0 Å². The number of nitro groups is 1. The van der Waals surface area contributed by atoms with E-state index in [1.165, 1.54) is 26.3 Å². The molecule has 9 nitrogen and oxygen atoms in total. The molecule has 0 aromatic carbocycles. The lowest BCUT2D eigenvalue weighted by atomic mass is 10.3. The molecule has 0 amide bonds. The van der Waals surface area contributed by atoms with Gasteiger partial charge >= 0.3 is 5.69 Å². The molecule has 1 aromatic rings. The first kappa shape index (κ1) is 12.6. The number of methoxy groups -OCH3 is 1. The van der Waals surface area contributed by atoms with Gasteiger partial charge in [0.05, 0.1) is 12.0 Å². The van der Waals surface area contributed by atoms with E-state index in [-0.39, 0.29) is 23.1 Å². The van der Waals surface area contributed by atoms with Gasteiger partial charge in [-0.2, -0.15) is 5.10 Å². The van der Waals surface area contributed by atoms with E-state index < -0.39 is 4.92 Å². The van der Waals surface area contributed by atoms with Crippen molar-refractivity contribution in [3.8, 4) is 5.88 Å². The standard InChI is InChI=1S/C8H12N6O3/c1-13(10)7(12-9)5-3-4-6(14(15)16)8(11-5)17-2/h3-4H,9-10H2,1-2H3/b12-7-. The summed E-state index contributed by atoms with van der Waals surface area (Å²) in [7, 11) is 2.80. The molecule has 17 heavy (non-hydrogen) atoms. The Morgan fingerprint density at radius 3 is 2.71 bits per heavy atom. The Labute approximate surface area is 96.8 Å². The van der Waals surface area contributed by atoms with Crippen LogP contribution in [0.15, 0.2) is 17.2 Å². The second-order valence-electron chi connectivity index (χ2n) is 3.05. The van der Waals surface area contributed by atoms with Crippen LogP contribution in [0.5, 0.6) is 5.88 Å². The molecule has 0 spiro atoms. The van der Waals surface area contributed by atoms with Gasteiger partial charge in [-0.05, 0) is 6.07 Å². The number of aromatic nitrogens is 1. The van der Waals surface area contributed by atoms with E-state index in [4.69, 9.17) is 16.4 Å². The fourth-order valence-corrected chi connectivity index (χ4v) is 1.18. The summed E-state index contributed by atoms with van der Waals surface area (Å²) in [6, 6.07) is 2.63. The summed E-state index contributed by atoms with van der Waals surface area (Å²) >= 11 is 0. The molecule has 1 aromatic heterocycles. The maximum absolute atomic E-state index is 10.7. The van der Waals surface area contributed by atoms with Crippen LogP contribution in [0.1, 0.15) is 5.69 Å². The molecule has 0 aliphatic carbocycles. The van der Waals surface area contributed by atoms with Gasteiger partial charge in [-0.3, -0.25) is 15.1 Å². The average Bonchev–Trinajstić information content (AvgIpc) is 2.28. The Kier molecular flexibility index (Phi) is 3.78. The van der Waals surface area contributed by atoms with Crippen LogP contribution in [-0.4, -0.2) is 34.9 Å². The quantitative estimate of drug-likeness (QED) is 0.237. The Morgan fingerprint density at radius 2 is 2.29 bits per heavy atom. The smallest absolute Gasteiger partial charge is 0.330 e. The minimum Gasteiger partial charge on any atom is -0.476 e. The van der Waals surface area contributed by atoms with Crippen molar-refractivity contribution in [3.05, 3.63) is 27.9 Å². The van der Waals surface area contributed by atoms with Gasteiger partial charge in [0.2, 0.25) is 0 Å². The summed E-state index contributed by atoms with van der Waals surface area (Å²) in [5.41, 5.74) is 0.0345. The van der Waals surface area contributed by atoms with Gasteiger partial charge in [-0.1, -0.05) is 0 Å². The predicted molar refractivity (Wildman–Crippen MR) is 60.1 cm³/mol. The third-order valence-corrected chi connectivity index (χ3v) is 1.92. The van der Waals surface area contributed by atoms with Crippen LogP contribution in [0, 0.1) is 10.1 Å². The van der Waals surface area contributed by atoms with Gasteiger partial charge in [0.1, 0.15) is 5.69 Å². The molecule has 0 saturated heterocycles. The van der Waals surface area contributed by atoms with E-state index in [0.717, 1.165) is 5.01 Å². The zero-order valence-electron chi connectivity index (χ0n) is 9.32. The van der Waals surface area contributed by atoms with Gasteiger partial charge in [-0.25, -0.2) is 10.8 Å². The second-order valence-corrected chi connectivity index (χ2v) is 3.05. The molecule has 0 radical (unpaired) electrons. The summed E-state index contributed by atoms with van der Waals surface area (Å²) in [5.74, 6) is 10.7. The predicted octanol–water partition coefficient (Wildman–Crippen LogP) is -0.576. The summed E-state index contributed by atoms with van der Waals surface area (Å²) in [4.78, 5) is 14.0. The van der Waals surface area contributed by atoms with E-state index in [9.17, 15) is 10.1 Å². The van der Waals surface area contributed by atoms with Crippen LogP contribution in [-0.2, 0) is 0 Å². The number of pyridine rings is 1. The molecule has 4 N–H and O–H groups in total. The third kappa shape index (κ3) is 2.58. The molecule has 1 rings (SSSR count). The van der Waals surface area contributed by atoms with Crippen molar-refractivity contribution in [2.24, 2.45) is 16.8 Å². The van der Waals surface area contributed by atoms with E-state index in [2.05, 4.69) is 10.1 Å². The van der Waals surface area contributed by atoms with Crippen LogP contribution >= 0.6 is 0 Å². The number of rotatable bonds is 3. The summed E-state index contributed by atoms with van der Waals surface area (Å²) in [6.45, 7) is 0. The normalized spacial score (nSPS) is 11.1. The van der Waals surface area contributed by atoms with Crippen molar-refractivity contribution in [1.82, 2.24) is 9.99 Å². The van der Waals surface area contributed by atoms with Crippen LogP contribution in [0.4, 0.5) is 5.69 Å². The number of hydrogen-bond acceptors (Lipinski definition) is 7. The van der Waals surface area contributed by atoms with Gasteiger partial charge < -0.3 is 10.6 Å². The maximum atomic E-state index is 10.7. The third-order valence-electron chi connectivity index (χ3n) is 1.92. The monoisotopic (exact) mass is 240 g/mol. The van der Waals surface area contributed by atoms with Gasteiger partial charge in [0.25, 0.3) is 5.88 Å². The van der Waals surface area contributed by atoms with Gasteiger partial charge in [-0.15, -0.1) is 0 Å². The lowest BCUT2D eigenvalue weighted by Gasteiger charge is -2.13. The highest BCUT2D eigenvalue weighted by atomic mass is 16.6. The number of nitrogens with two attached hydrogens (primary N) is 2. The highest BCUT2D eigenvalue weighted by Crippen LogP contribution is 2.24. The number of hydrogen-bond donors (Lipinski definition) is 2. The fraction of sp³-hybridized carbons (Fsp3) is 0.250. The van der Waals surface area contributed by atoms with Crippen molar-refractivity contribution in [1.29, 1.82) is 0 Å². The van der Waals surface area contributed by atoms with E-state index in [0.29, 0.717) is 0 Å². The minimum atomic E-state index is -0.596. The summed E-state index contributed by atoms with van der Waals surface area (Å²) in [6.07, 6.45) is 0. The molecule has 1 heterocycles. The van der Waals surface area contributed by atoms with Crippen LogP contribution in [0.3, 0.4) is 0 Å². The largest absolute Gasteiger partial charge is 0.476 e. The minimum absolute atomic E-state index is 0.129. The number of ether oxygens (including phenoxy) is 1. The first-order valence-corrected chi connectivity index (χ1v) is 4.47. The number of nitrogens with zero attached hydrogens (tertiary/aromatic N) is 4. The topological polar surface area (TPSA) is 133 Å². The molecule has 0 bridgehead atoms. The lowest BCUT2D eigenvalue weighted by Crippen LogP contribution is -2.35. The second kappa shape index (κ2) is 5.07. The molecule has 92 valence electrons. The average molecular weight is 240 g/mol. The van der Waals surface area contributed by atoms with Crippen molar-refractivity contribution in [2.75, 3.05) is 14.2 Å². The first-order chi connectivity index (χ1) is 8.01. The Morgan fingerprint density at radius 1 is 1.65 bits per heavy atom. The van der Waals surface area contributed by atoms with Crippen molar-refractivity contribution >= 4 is 11.5 Å². The summed E-state index contributed by atoms with van der Waals surface area (Å²) in [5, 5.41) is 15.2. The molecule has 9 heteroatoms. The molecule has 0 unspecified atom stereocenters. The van der Waals surface area contributed by atoms with Crippen molar-refractivity contribution < 1.29 is 9.66 Å². The van der Waals surface area contributed by atoms with Gasteiger partial charge in [0, 0.05) is 13.1 Å². The Hall–Kier alpha value is -2.42. The Balaban J connectivity index is 3.27. The highest BCUT2D eigenvalue weighted by molar-refractivity contribution is 5.96. The fourth-order valence-electron chi connectivity index (χ4n) is 1.18. The lowest BCUT2D eigenvalue weighted by molar-refractivity contribution is -0.386. The highest BCUT2D eigenvalue weighted by Gasteiger charge is 2.19. The molecule has 0 saturated carbocycles. The van der Waals surface area contributed by atoms with Crippen molar-refractivity contribution in [3.63, 3.8) is 0 Å². The zero-order chi connectivity index (χ0) is 13.0. The van der Waals surface area contributed by atoms with E-state index in [1.807, 2.05) is 0 Å². The Bertz CT molecular complexity index is 459. The summed E-state index contributed by atoms with van der Waals surface area (Å²) < 4.78 is 4.81. The molecular weight excluding hydrogens is 228 g/mol. The number of hydrazine groups is 1.